The summed E-state index contributed by atoms with van der Waals surface area (Å²) < 4.78 is 5.33. The maximum absolute atomic E-state index is 12.1. The van der Waals surface area contributed by atoms with Crippen molar-refractivity contribution in [2.75, 3.05) is 20.2 Å². The van der Waals surface area contributed by atoms with Crippen molar-refractivity contribution in [1.82, 2.24) is 4.90 Å². The van der Waals surface area contributed by atoms with Crippen LogP contribution in [0.15, 0.2) is 35.9 Å². The van der Waals surface area contributed by atoms with E-state index in [9.17, 15) is 4.79 Å². The van der Waals surface area contributed by atoms with E-state index in [0.29, 0.717) is 6.54 Å². The number of nitrogens with zero attached hydrogens (tertiary/aromatic N) is 1. The second-order valence-electron chi connectivity index (χ2n) is 5.31. The van der Waals surface area contributed by atoms with E-state index in [2.05, 4.69) is 0 Å². The Labute approximate surface area is 120 Å². The molecule has 1 unspecified atom stereocenters. The molecule has 1 aliphatic heterocycles. The van der Waals surface area contributed by atoms with Gasteiger partial charge in [0.15, 0.2) is 0 Å². The zero-order valence-electron chi connectivity index (χ0n) is 12.1. The average Bonchev–Trinajstić information content (AvgIpc) is 2.86. The molecule has 0 spiro atoms. The number of methoxy groups -OCH3 is 1. The van der Waals surface area contributed by atoms with Crippen molar-refractivity contribution in [3.8, 4) is 5.75 Å². The van der Waals surface area contributed by atoms with Gasteiger partial charge in [0.1, 0.15) is 5.75 Å². The van der Waals surface area contributed by atoms with Crippen LogP contribution in [-0.4, -0.2) is 37.0 Å². The van der Waals surface area contributed by atoms with Crippen molar-refractivity contribution in [3.63, 3.8) is 0 Å². The van der Waals surface area contributed by atoms with Crippen LogP contribution in [0.5, 0.6) is 5.75 Å². The Morgan fingerprint density at radius 1 is 1.50 bits per heavy atom. The first kappa shape index (κ1) is 14.6. The second kappa shape index (κ2) is 6.57. The maximum atomic E-state index is 12.1. The molecule has 1 aliphatic rings. The molecule has 1 aromatic carbocycles. The van der Waals surface area contributed by atoms with Gasteiger partial charge in [-0.05, 0) is 31.4 Å². The summed E-state index contributed by atoms with van der Waals surface area (Å²) in [7, 11) is 1.66. The van der Waals surface area contributed by atoms with Gasteiger partial charge in [-0.3, -0.25) is 4.79 Å². The van der Waals surface area contributed by atoms with Crippen LogP contribution in [0.4, 0.5) is 0 Å². The second-order valence-corrected chi connectivity index (χ2v) is 5.31. The van der Waals surface area contributed by atoms with Crippen LogP contribution in [0.25, 0.3) is 0 Å². The van der Waals surface area contributed by atoms with Gasteiger partial charge in [0.2, 0.25) is 5.91 Å². The summed E-state index contributed by atoms with van der Waals surface area (Å²) in [6.45, 7) is 3.40. The molecule has 0 radical (unpaired) electrons. The highest BCUT2D eigenvalue weighted by molar-refractivity contribution is 5.88. The molecular formula is C16H22N2O2. The lowest BCUT2D eigenvalue weighted by molar-refractivity contribution is -0.125. The van der Waals surface area contributed by atoms with Gasteiger partial charge in [0.25, 0.3) is 0 Å². The first-order valence-electron chi connectivity index (χ1n) is 6.93. The van der Waals surface area contributed by atoms with E-state index in [1.54, 1.807) is 13.2 Å². The third kappa shape index (κ3) is 3.61. The molecule has 4 nitrogen and oxygen atoms in total. The van der Waals surface area contributed by atoms with Crippen LogP contribution in [-0.2, 0) is 11.2 Å². The standard InChI is InChI=1S/C16H22N2O2/c1-12(9-13-5-3-4-6-15(13)20-2)10-16(19)18-8-7-14(17)11-18/h3-6,10,14H,7-9,11,17H2,1-2H3/b12-10+. The zero-order valence-corrected chi connectivity index (χ0v) is 12.1. The topological polar surface area (TPSA) is 55.6 Å². The van der Waals surface area contributed by atoms with Crippen molar-refractivity contribution < 1.29 is 9.53 Å². The predicted octanol–water partition coefficient (Wildman–Crippen LogP) is 1.74. The molecule has 2 rings (SSSR count). The minimum atomic E-state index is 0.0605. The Hall–Kier alpha value is -1.81. The van der Waals surface area contributed by atoms with Crippen LogP contribution >= 0.6 is 0 Å². The van der Waals surface area contributed by atoms with E-state index in [1.165, 1.54) is 0 Å². The molecular weight excluding hydrogens is 252 g/mol. The summed E-state index contributed by atoms with van der Waals surface area (Å²) >= 11 is 0. The number of likely N-dealkylation sites (tertiary alicyclic amines) is 1. The number of carbonyl (C=O) groups excluding carboxylic acids is 1. The Balaban J connectivity index is 2.02. The summed E-state index contributed by atoms with van der Waals surface area (Å²) in [5.74, 6) is 0.918. The van der Waals surface area contributed by atoms with Crippen LogP contribution in [0.1, 0.15) is 18.9 Å². The number of rotatable bonds is 4. The van der Waals surface area contributed by atoms with E-state index >= 15 is 0 Å². The molecule has 1 fully saturated rings. The lowest BCUT2D eigenvalue weighted by Crippen LogP contribution is -2.30. The third-order valence-corrected chi connectivity index (χ3v) is 3.57. The van der Waals surface area contributed by atoms with Crippen molar-refractivity contribution in [2.45, 2.75) is 25.8 Å². The molecule has 1 saturated heterocycles. The summed E-state index contributed by atoms with van der Waals surface area (Å²) in [4.78, 5) is 13.9. The molecule has 1 atom stereocenters. The zero-order chi connectivity index (χ0) is 14.5. The van der Waals surface area contributed by atoms with Crippen LogP contribution in [0.3, 0.4) is 0 Å². The predicted molar refractivity (Wildman–Crippen MR) is 79.6 cm³/mol. The minimum absolute atomic E-state index is 0.0605. The highest BCUT2D eigenvalue weighted by Gasteiger charge is 2.22. The largest absolute Gasteiger partial charge is 0.496 e. The van der Waals surface area contributed by atoms with E-state index < -0.39 is 0 Å². The summed E-state index contributed by atoms with van der Waals surface area (Å²) in [5.41, 5.74) is 7.94. The minimum Gasteiger partial charge on any atom is -0.496 e. The fourth-order valence-electron chi connectivity index (χ4n) is 2.49. The number of hydrogen-bond donors (Lipinski definition) is 1. The smallest absolute Gasteiger partial charge is 0.246 e. The lowest BCUT2D eigenvalue weighted by Gasteiger charge is -2.14. The number of benzene rings is 1. The molecule has 0 saturated carbocycles. The fourth-order valence-corrected chi connectivity index (χ4v) is 2.49. The quantitative estimate of drug-likeness (QED) is 0.851. The number of allylic oxidation sites excluding steroid dienone is 1. The van der Waals surface area contributed by atoms with Gasteiger partial charge < -0.3 is 15.4 Å². The van der Waals surface area contributed by atoms with Gasteiger partial charge in [-0.1, -0.05) is 23.8 Å². The highest BCUT2D eigenvalue weighted by atomic mass is 16.5. The van der Waals surface area contributed by atoms with Gasteiger partial charge in [-0.2, -0.15) is 0 Å². The Morgan fingerprint density at radius 3 is 2.90 bits per heavy atom. The van der Waals surface area contributed by atoms with Crippen LogP contribution in [0, 0.1) is 0 Å². The molecule has 0 aromatic heterocycles. The van der Waals surface area contributed by atoms with Crippen LogP contribution in [0.2, 0.25) is 0 Å². The van der Waals surface area contributed by atoms with E-state index in [-0.39, 0.29) is 11.9 Å². The van der Waals surface area contributed by atoms with Gasteiger partial charge in [-0.25, -0.2) is 0 Å². The normalized spacial score (nSPS) is 19.2. The van der Waals surface area contributed by atoms with Crippen molar-refractivity contribution >= 4 is 5.91 Å². The number of nitrogens with two attached hydrogens (primary N) is 1. The van der Waals surface area contributed by atoms with Gasteiger partial charge in [0, 0.05) is 25.2 Å². The highest BCUT2D eigenvalue weighted by Crippen LogP contribution is 2.20. The molecule has 0 aliphatic carbocycles. The first-order chi connectivity index (χ1) is 9.60. The Kier molecular flexibility index (Phi) is 4.79. The van der Waals surface area contributed by atoms with Crippen molar-refractivity contribution in [2.24, 2.45) is 5.73 Å². The average molecular weight is 274 g/mol. The lowest BCUT2D eigenvalue weighted by atomic mass is 10.0. The van der Waals surface area contributed by atoms with E-state index in [4.69, 9.17) is 10.5 Å². The molecule has 20 heavy (non-hydrogen) atoms. The SMILES string of the molecule is COc1ccccc1C/C(C)=C/C(=O)N1CCC(N)C1. The monoisotopic (exact) mass is 274 g/mol. The van der Waals surface area contributed by atoms with Gasteiger partial charge in [0.05, 0.1) is 7.11 Å². The number of ether oxygens (including phenoxy) is 1. The number of amides is 1. The fraction of sp³-hybridized carbons (Fsp3) is 0.438. The van der Waals surface area contributed by atoms with Crippen molar-refractivity contribution in [1.29, 1.82) is 0 Å². The molecule has 0 bridgehead atoms. The van der Waals surface area contributed by atoms with Gasteiger partial charge >= 0.3 is 0 Å². The summed E-state index contributed by atoms with van der Waals surface area (Å²) in [5, 5.41) is 0. The third-order valence-electron chi connectivity index (χ3n) is 3.57. The van der Waals surface area contributed by atoms with Gasteiger partial charge in [-0.15, -0.1) is 0 Å². The van der Waals surface area contributed by atoms with E-state index in [1.807, 2.05) is 36.1 Å². The number of para-hydroxylation sites is 1. The molecule has 1 heterocycles. The molecule has 2 N–H and O–H groups in total. The molecule has 1 amide bonds. The molecule has 108 valence electrons. The van der Waals surface area contributed by atoms with Crippen LogP contribution < -0.4 is 10.5 Å². The molecule has 4 heteroatoms. The summed E-state index contributed by atoms with van der Waals surface area (Å²) in [6.07, 6.45) is 3.32. The first-order valence-corrected chi connectivity index (χ1v) is 6.93. The Bertz CT molecular complexity index is 511. The molecule has 1 aromatic rings. The maximum Gasteiger partial charge on any atom is 0.246 e. The Morgan fingerprint density at radius 2 is 2.25 bits per heavy atom. The van der Waals surface area contributed by atoms with Crippen molar-refractivity contribution in [3.05, 3.63) is 41.5 Å². The van der Waals surface area contributed by atoms with E-state index in [0.717, 1.165) is 36.3 Å². The summed E-state index contributed by atoms with van der Waals surface area (Å²) in [6, 6.07) is 8.00. The number of carbonyl (C=O) groups is 1. The number of hydrogen-bond acceptors (Lipinski definition) is 3.